The van der Waals surface area contributed by atoms with Gasteiger partial charge in [-0.1, -0.05) is 0 Å². The Bertz CT molecular complexity index is 277. The van der Waals surface area contributed by atoms with E-state index in [1.54, 1.807) is 0 Å². The van der Waals surface area contributed by atoms with Gasteiger partial charge in [-0.3, -0.25) is 0 Å². The average molecular weight is 199 g/mol. The Hall–Kier alpha value is -0.640. The van der Waals surface area contributed by atoms with Gasteiger partial charge < -0.3 is 4.42 Å². The van der Waals surface area contributed by atoms with Crippen LogP contribution in [-0.4, -0.2) is 0 Å². The van der Waals surface area contributed by atoms with Crippen molar-refractivity contribution in [2.75, 3.05) is 0 Å². The first-order valence-corrected chi connectivity index (χ1v) is 3.71. The predicted octanol–water partition coefficient (Wildman–Crippen LogP) is 3.35. The van der Waals surface area contributed by atoms with Crippen LogP contribution in [0, 0.1) is 6.92 Å². The zero-order chi connectivity index (χ0) is 9.35. The standard InChI is InChI=1S/C7H6ClF3O/c1-4-2-5(3-8)6(12-4)7(9,10)11/h2H,3H2,1H3. The third kappa shape index (κ3) is 1.75. The molecule has 0 aliphatic heterocycles. The number of furan rings is 1. The van der Waals surface area contributed by atoms with Gasteiger partial charge in [0.25, 0.3) is 0 Å². The van der Waals surface area contributed by atoms with Crippen LogP contribution in [0.4, 0.5) is 13.2 Å². The van der Waals surface area contributed by atoms with Gasteiger partial charge in [0.1, 0.15) is 5.76 Å². The van der Waals surface area contributed by atoms with Crippen LogP contribution in [0.3, 0.4) is 0 Å². The number of aryl methyl sites for hydroxylation is 1. The lowest BCUT2D eigenvalue weighted by molar-refractivity contribution is -0.153. The van der Waals surface area contributed by atoms with Gasteiger partial charge in [0.05, 0.1) is 5.88 Å². The van der Waals surface area contributed by atoms with Gasteiger partial charge in [-0.15, -0.1) is 11.6 Å². The fraction of sp³-hybridized carbons (Fsp3) is 0.429. The molecule has 0 aliphatic rings. The van der Waals surface area contributed by atoms with E-state index in [-0.39, 0.29) is 17.2 Å². The Morgan fingerprint density at radius 2 is 2.08 bits per heavy atom. The molecular weight excluding hydrogens is 193 g/mol. The predicted molar refractivity (Wildman–Crippen MR) is 38.0 cm³/mol. The lowest BCUT2D eigenvalue weighted by Gasteiger charge is -2.03. The molecule has 1 nitrogen and oxygen atoms in total. The molecule has 0 saturated heterocycles. The van der Waals surface area contributed by atoms with E-state index in [1.165, 1.54) is 13.0 Å². The Kier molecular flexibility index (Phi) is 2.37. The second kappa shape index (κ2) is 3.01. The maximum Gasteiger partial charge on any atom is 0.449 e. The van der Waals surface area contributed by atoms with Crippen molar-refractivity contribution < 1.29 is 17.6 Å². The molecule has 0 aliphatic carbocycles. The van der Waals surface area contributed by atoms with Crippen molar-refractivity contribution >= 4 is 11.6 Å². The largest absolute Gasteiger partial charge is 0.456 e. The lowest BCUT2D eigenvalue weighted by atomic mass is 10.2. The Morgan fingerprint density at radius 1 is 1.50 bits per heavy atom. The molecule has 0 saturated carbocycles. The van der Waals surface area contributed by atoms with Crippen LogP contribution >= 0.6 is 11.6 Å². The van der Waals surface area contributed by atoms with E-state index >= 15 is 0 Å². The van der Waals surface area contributed by atoms with E-state index in [4.69, 9.17) is 11.6 Å². The van der Waals surface area contributed by atoms with Gasteiger partial charge >= 0.3 is 6.18 Å². The van der Waals surface area contributed by atoms with Crippen LogP contribution < -0.4 is 0 Å². The molecule has 1 heterocycles. The molecule has 0 radical (unpaired) electrons. The average Bonchev–Trinajstić information content (AvgIpc) is 2.29. The summed E-state index contributed by atoms with van der Waals surface area (Å²) in [5.74, 6) is -0.959. The van der Waals surface area contributed by atoms with Crippen molar-refractivity contribution in [2.24, 2.45) is 0 Å². The summed E-state index contributed by atoms with van der Waals surface area (Å²) in [7, 11) is 0. The van der Waals surface area contributed by atoms with E-state index in [9.17, 15) is 13.2 Å². The first-order valence-electron chi connectivity index (χ1n) is 3.17. The monoisotopic (exact) mass is 198 g/mol. The van der Waals surface area contributed by atoms with Gasteiger partial charge in [0.15, 0.2) is 0 Å². The minimum atomic E-state index is -4.45. The third-order valence-electron chi connectivity index (χ3n) is 1.33. The van der Waals surface area contributed by atoms with Crippen molar-refractivity contribution in [1.29, 1.82) is 0 Å². The highest BCUT2D eigenvalue weighted by Gasteiger charge is 2.37. The summed E-state index contributed by atoms with van der Waals surface area (Å²) in [6, 6.07) is 1.29. The van der Waals surface area contributed by atoms with Crippen LogP contribution in [0.15, 0.2) is 10.5 Å². The summed E-state index contributed by atoms with van der Waals surface area (Å²) in [4.78, 5) is 0. The molecule has 1 rings (SSSR count). The van der Waals surface area contributed by atoms with E-state index in [1.807, 2.05) is 0 Å². The summed E-state index contributed by atoms with van der Waals surface area (Å²) in [6.07, 6.45) is -4.45. The maximum absolute atomic E-state index is 12.1. The SMILES string of the molecule is Cc1cc(CCl)c(C(F)(F)F)o1. The number of halogens is 4. The Labute approximate surface area is 72.1 Å². The van der Waals surface area contributed by atoms with Crippen LogP contribution in [-0.2, 0) is 12.1 Å². The molecule has 1 aromatic heterocycles. The zero-order valence-corrected chi connectivity index (χ0v) is 6.96. The van der Waals surface area contributed by atoms with Crippen molar-refractivity contribution in [2.45, 2.75) is 19.0 Å². The van der Waals surface area contributed by atoms with E-state index in [2.05, 4.69) is 4.42 Å². The van der Waals surface area contributed by atoms with Gasteiger partial charge in [-0.25, -0.2) is 0 Å². The van der Waals surface area contributed by atoms with Gasteiger partial charge in [-0.2, -0.15) is 13.2 Å². The van der Waals surface area contributed by atoms with Crippen LogP contribution in [0.1, 0.15) is 17.1 Å². The molecule has 0 unspecified atom stereocenters. The molecule has 0 amide bonds. The van der Waals surface area contributed by atoms with Crippen molar-refractivity contribution in [1.82, 2.24) is 0 Å². The van der Waals surface area contributed by atoms with E-state index in [0.29, 0.717) is 0 Å². The molecule has 0 spiro atoms. The summed E-state index contributed by atoms with van der Waals surface area (Å²) < 4.78 is 40.7. The Balaban J connectivity index is 3.13. The molecule has 0 atom stereocenters. The number of alkyl halides is 4. The molecular formula is C7H6ClF3O. The highest BCUT2D eigenvalue weighted by Crippen LogP contribution is 2.34. The second-order valence-electron chi connectivity index (χ2n) is 2.34. The summed E-state index contributed by atoms with van der Waals surface area (Å²) in [5.41, 5.74) is -0.0123. The fourth-order valence-electron chi connectivity index (χ4n) is 0.906. The molecule has 1 aromatic rings. The molecule has 68 valence electrons. The quantitative estimate of drug-likeness (QED) is 0.631. The number of rotatable bonds is 1. The zero-order valence-electron chi connectivity index (χ0n) is 6.20. The fourth-order valence-corrected chi connectivity index (χ4v) is 1.10. The topological polar surface area (TPSA) is 13.1 Å². The van der Waals surface area contributed by atoms with Gasteiger partial charge in [-0.05, 0) is 13.0 Å². The number of hydrogen-bond acceptors (Lipinski definition) is 1. The molecule has 0 fully saturated rings. The van der Waals surface area contributed by atoms with E-state index in [0.717, 1.165) is 0 Å². The van der Waals surface area contributed by atoms with Crippen molar-refractivity contribution in [3.8, 4) is 0 Å². The highest BCUT2D eigenvalue weighted by molar-refractivity contribution is 6.17. The van der Waals surface area contributed by atoms with Gasteiger partial charge in [0, 0.05) is 5.56 Å². The van der Waals surface area contributed by atoms with E-state index < -0.39 is 11.9 Å². The minimum absolute atomic E-state index is 0.0123. The highest BCUT2D eigenvalue weighted by atomic mass is 35.5. The van der Waals surface area contributed by atoms with Gasteiger partial charge in [0.2, 0.25) is 5.76 Å². The first-order chi connectivity index (χ1) is 5.45. The maximum atomic E-state index is 12.1. The lowest BCUT2D eigenvalue weighted by Crippen LogP contribution is -2.05. The third-order valence-corrected chi connectivity index (χ3v) is 1.62. The smallest absolute Gasteiger partial charge is 0.449 e. The van der Waals surface area contributed by atoms with Crippen LogP contribution in [0.25, 0.3) is 0 Å². The van der Waals surface area contributed by atoms with Crippen molar-refractivity contribution in [3.05, 3.63) is 23.2 Å². The normalized spacial score (nSPS) is 12.1. The molecule has 5 heteroatoms. The molecule has 0 N–H and O–H groups in total. The first kappa shape index (κ1) is 9.45. The second-order valence-corrected chi connectivity index (χ2v) is 2.61. The molecule has 12 heavy (non-hydrogen) atoms. The molecule has 0 bridgehead atoms. The Morgan fingerprint density at radius 3 is 2.42 bits per heavy atom. The summed E-state index contributed by atoms with van der Waals surface area (Å²) in [6.45, 7) is 1.45. The summed E-state index contributed by atoms with van der Waals surface area (Å²) in [5, 5.41) is 0. The van der Waals surface area contributed by atoms with Crippen LogP contribution in [0.5, 0.6) is 0 Å². The summed E-state index contributed by atoms with van der Waals surface area (Å²) >= 11 is 5.29. The number of hydrogen-bond donors (Lipinski definition) is 0. The van der Waals surface area contributed by atoms with Crippen LogP contribution in [0.2, 0.25) is 0 Å². The van der Waals surface area contributed by atoms with Crippen molar-refractivity contribution in [3.63, 3.8) is 0 Å². The minimum Gasteiger partial charge on any atom is -0.456 e. The molecule has 0 aromatic carbocycles.